The van der Waals surface area contributed by atoms with Crippen LogP contribution in [0.5, 0.6) is 6.01 Å². The lowest BCUT2D eigenvalue weighted by Gasteiger charge is -2.09. The van der Waals surface area contributed by atoms with E-state index in [2.05, 4.69) is 15.3 Å². The maximum Gasteiger partial charge on any atom is 0.318 e. The Kier molecular flexibility index (Phi) is 4.77. The highest BCUT2D eigenvalue weighted by Gasteiger charge is 2.09. The highest BCUT2D eigenvalue weighted by Crippen LogP contribution is 2.17. The minimum atomic E-state index is -0.621. The average molecular weight is 333 g/mol. The smallest absolute Gasteiger partial charge is 0.318 e. The van der Waals surface area contributed by atoms with Crippen LogP contribution in [0.25, 0.3) is 0 Å². The van der Waals surface area contributed by atoms with Crippen molar-refractivity contribution in [3.05, 3.63) is 70.1 Å². The van der Waals surface area contributed by atoms with Crippen molar-refractivity contribution in [2.45, 2.75) is 13.2 Å². The molecule has 0 saturated heterocycles. The molecule has 3 aromatic rings. The van der Waals surface area contributed by atoms with Gasteiger partial charge in [0.05, 0.1) is 6.20 Å². The maximum atomic E-state index is 13.8. The van der Waals surface area contributed by atoms with Crippen LogP contribution in [0.1, 0.15) is 10.4 Å². The van der Waals surface area contributed by atoms with Gasteiger partial charge in [0.25, 0.3) is 0 Å². The van der Waals surface area contributed by atoms with Crippen LogP contribution in [0.15, 0.2) is 48.0 Å². The van der Waals surface area contributed by atoms with Gasteiger partial charge in [-0.2, -0.15) is 4.98 Å². The Morgan fingerprint density at radius 3 is 2.74 bits per heavy atom. The third kappa shape index (κ3) is 4.01. The monoisotopic (exact) mass is 333 g/mol. The number of aromatic nitrogens is 2. The number of ether oxygens (including phenoxy) is 1. The van der Waals surface area contributed by atoms with Crippen molar-refractivity contribution in [2.75, 3.05) is 5.32 Å². The second-order valence-corrected chi connectivity index (χ2v) is 5.69. The van der Waals surface area contributed by atoms with E-state index < -0.39 is 5.82 Å². The third-order valence-electron chi connectivity index (χ3n) is 3.05. The molecule has 2 aromatic heterocycles. The molecule has 1 aromatic carbocycles. The Labute approximate surface area is 135 Å². The van der Waals surface area contributed by atoms with Gasteiger partial charge in [-0.3, -0.25) is 0 Å². The van der Waals surface area contributed by atoms with Crippen LogP contribution in [0.4, 0.5) is 14.6 Å². The van der Waals surface area contributed by atoms with Gasteiger partial charge in [-0.1, -0.05) is 24.3 Å². The van der Waals surface area contributed by atoms with Gasteiger partial charge in [-0.05, 0) is 17.5 Å². The Balaban J connectivity index is 1.66. The summed E-state index contributed by atoms with van der Waals surface area (Å²) in [6.45, 7) is 0.432. The molecule has 3 rings (SSSR count). The van der Waals surface area contributed by atoms with E-state index in [4.69, 9.17) is 4.74 Å². The minimum Gasteiger partial charge on any atom is -0.458 e. The molecule has 7 heteroatoms. The second kappa shape index (κ2) is 7.15. The lowest BCUT2D eigenvalue weighted by molar-refractivity contribution is 0.283. The van der Waals surface area contributed by atoms with Gasteiger partial charge >= 0.3 is 6.01 Å². The van der Waals surface area contributed by atoms with Crippen molar-refractivity contribution in [3.63, 3.8) is 0 Å². The second-order valence-electron chi connectivity index (χ2n) is 4.66. The average Bonchev–Trinajstić information content (AvgIpc) is 3.07. The molecular weight excluding hydrogens is 320 g/mol. The van der Waals surface area contributed by atoms with Crippen LogP contribution < -0.4 is 10.1 Å². The number of benzene rings is 1. The summed E-state index contributed by atoms with van der Waals surface area (Å²) in [7, 11) is 0. The molecular formula is C16H13F2N3OS. The highest BCUT2D eigenvalue weighted by atomic mass is 32.1. The molecule has 0 saturated carbocycles. The number of nitrogens with one attached hydrogen (secondary N) is 1. The van der Waals surface area contributed by atoms with Gasteiger partial charge in [-0.25, -0.2) is 13.8 Å². The molecule has 1 N–H and O–H groups in total. The van der Waals surface area contributed by atoms with Crippen LogP contribution in [-0.2, 0) is 13.2 Å². The van der Waals surface area contributed by atoms with E-state index in [-0.39, 0.29) is 24.2 Å². The fourth-order valence-corrected chi connectivity index (χ4v) is 2.51. The molecule has 0 fully saturated rings. The number of anilines is 1. The van der Waals surface area contributed by atoms with E-state index in [9.17, 15) is 8.78 Å². The van der Waals surface area contributed by atoms with Gasteiger partial charge in [0.1, 0.15) is 12.4 Å². The van der Waals surface area contributed by atoms with Gasteiger partial charge in [0, 0.05) is 17.0 Å². The number of rotatable bonds is 6. The molecule has 0 aliphatic carbocycles. The first kappa shape index (κ1) is 15.4. The predicted octanol–water partition coefficient (Wildman–Crippen LogP) is 4.01. The van der Waals surface area contributed by atoms with Crippen LogP contribution in [0.2, 0.25) is 0 Å². The van der Waals surface area contributed by atoms with E-state index in [1.54, 1.807) is 29.5 Å². The third-order valence-corrected chi connectivity index (χ3v) is 3.90. The van der Waals surface area contributed by atoms with Gasteiger partial charge < -0.3 is 10.1 Å². The summed E-state index contributed by atoms with van der Waals surface area (Å²) in [5.74, 6) is -1.00. The molecule has 0 aliphatic heterocycles. The van der Waals surface area contributed by atoms with E-state index in [0.29, 0.717) is 12.2 Å². The van der Waals surface area contributed by atoms with E-state index in [1.807, 2.05) is 17.5 Å². The molecule has 0 radical (unpaired) electrons. The summed E-state index contributed by atoms with van der Waals surface area (Å²) in [4.78, 5) is 8.79. The Bertz CT molecular complexity index is 781. The van der Waals surface area contributed by atoms with E-state index in [1.165, 1.54) is 6.07 Å². The molecule has 0 unspecified atom stereocenters. The molecule has 0 spiro atoms. The SMILES string of the molecule is Fc1ccccc1CNc1nc(OCc2cccs2)ncc1F. The fraction of sp³-hybridized carbons (Fsp3) is 0.125. The molecule has 23 heavy (non-hydrogen) atoms. The van der Waals surface area contributed by atoms with Crippen molar-refractivity contribution in [1.82, 2.24) is 9.97 Å². The van der Waals surface area contributed by atoms with E-state index in [0.717, 1.165) is 11.1 Å². The van der Waals surface area contributed by atoms with Gasteiger partial charge in [0.15, 0.2) is 11.6 Å². The first-order chi connectivity index (χ1) is 11.2. The van der Waals surface area contributed by atoms with Crippen LogP contribution in [-0.4, -0.2) is 9.97 Å². The van der Waals surface area contributed by atoms with Crippen LogP contribution >= 0.6 is 11.3 Å². The Morgan fingerprint density at radius 2 is 1.96 bits per heavy atom. The van der Waals surface area contributed by atoms with Crippen molar-refractivity contribution in [1.29, 1.82) is 0 Å². The molecule has 0 aliphatic rings. The van der Waals surface area contributed by atoms with Crippen LogP contribution in [0.3, 0.4) is 0 Å². The van der Waals surface area contributed by atoms with Crippen molar-refractivity contribution in [3.8, 4) is 6.01 Å². The molecule has 0 bridgehead atoms. The van der Waals surface area contributed by atoms with E-state index >= 15 is 0 Å². The van der Waals surface area contributed by atoms with Crippen molar-refractivity contribution in [2.24, 2.45) is 0 Å². The number of thiophene rings is 1. The minimum absolute atomic E-state index is 0.0237. The first-order valence-corrected chi connectivity index (χ1v) is 7.75. The molecule has 0 atom stereocenters. The lowest BCUT2D eigenvalue weighted by atomic mass is 10.2. The number of nitrogens with zero attached hydrogens (tertiary/aromatic N) is 2. The first-order valence-electron chi connectivity index (χ1n) is 6.87. The molecule has 118 valence electrons. The van der Waals surface area contributed by atoms with Crippen molar-refractivity contribution < 1.29 is 13.5 Å². The summed E-state index contributed by atoms with van der Waals surface area (Å²) in [6.07, 6.45) is 1.03. The standard InChI is InChI=1S/C16H13F2N3OS/c17-13-6-2-1-4-11(13)8-19-15-14(18)9-20-16(21-15)22-10-12-5-3-7-23-12/h1-7,9H,8,10H2,(H,19,20,21). The molecule has 4 nitrogen and oxygen atoms in total. The lowest BCUT2D eigenvalue weighted by Crippen LogP contribution is -2.07. The Morgan fingerprint density at radius 1 is 1.09 bits per heavy atom. The number of hydrogen-bond acceptors (Lipinski definition) is 5. The molecule has 0 amide bonds. The number of halogens is 2. The largest absolute Gasteiger partial charge is 0.458 e. The fourth-order valence-electron chi connectivity index (χ4n) is 1.90. The summed E-state index contributed by atoms with van der Waals surface area (Å²) in [5, 5.41) is 4.70. The summed E-state index contributed by atoms with van der Waals surface area (Å²) in [5.41, 5.74) is 0.423. The number of hydrogen-bond donors (Lipinski definition) is 1. The normalized spacial score (nSPS) is 10.5. The summed E-state index contributed by atoms with van der Waals surface area (Å²) >= 11 is 1.55. The topological polar surface area (TPSA) is 47.0 Å². The zero-order valence-electron chi connectivity index (χ0n) is 12.0. The predicted molar refractivity (Wildman–Crippen MR) is 84.4 cm³/mol. The highest BCUT2D eigenvalue weighted by molar-refractivity contribution is 7.09. The Hall–Kier alpha value is -2.54. The maximum absolute atomic E-state index is 13.8. The molecule has 2 heterocycles. The summed E-state index contributed by atoms with van der Waals surface area (Å²) < 4.78 is 32.7. The zero-order chi connectivity index (χ0) is 16.1. The van der Waals surface area contributed by atoms with Gasteiger partial charge in [-0.15, -0.1) is 11.3 Å². The zero-order valence-corrected chi connectivity index (χ0v) is 12.8. The van der Waals surface area contributed by atoms with Crippen LogP contribution in [0, 0.1) is 11.6 Å². The quantitative estimate of drug-likeness (QED) is 0.740. The summed E-state index contributed by atoms with van der Waals surface area (Å²) in [6, 6.07) is 10.2. The van der Waals surface area contributed by atoms with Crippen molar-refractivity contribution >= 4 is 17.2 Å². The van der Waals surface area contributed by atoms with Gasteiger partial charge in [0.2, 0.25) is 0 Å².